The molecule has 1 nitrogen and oxygen atoms in total. The first-order valence-corrected chi connectivity index (χ1v) is 7.67. The van der Waals surface area contributed by atoms with Crippen LogP contribution >= 0.6 is 22.9 Å². The number of benzene rings is 1. The summed E-state index contributed by atoms with van der Waals surface area (Å²) in [6.45, 7) is 4.32. The van der Waals surface area contributed by atoms with Crippen molar-refractivity contribution in [3.05, 3.63) is 56.2 Å². The fourth-order valence-corrected chi connectivity index (χ4v) is 3.21. The minimum Gasteiger partial charge on any atom is -0.305 e. The lowest BCUT2D eigenvalue weighted by Crippen LogP contribution is -2.24. The minimum absolute atomic E-state index is 0.0666. The molecule has 1 heterocycles. The summed E-state index contributed by atoms with van der Waals surface area (Å²) in [5.74, 6) is -1.03. The van der Waals surface area contributed by atoms with Crippen LogP contribution in [0.1, 0.15) is 35.4 Å². The summed E-state index contributed by atoms with van der Waals surface area (Å²) in [5.41, 5.74) is 0.504. The van der Waals surface area contributed by atoms with Crippen molar-refractivity contribution in [2.24, 2.45) is 0 Å². The van der Waals surface area contributed by atoms with Gasteiger partial charge in [-0.1, -0.05) is 24.6 Å². The summed E-state index contributed by atoms with van der Waals surface area (Å²) in [7, 11) is 0. The lowest BCUT2D eigenvalue weighted by atomic mass is 10.0. The maximum atomic E-state index is 14.3. The van der Waals surface area contributed by atoms with Crippen molar-refractivity contribution in [3.63, 3.8) is 0 Å². The van der Waals surface area contributed by atoms with Gasteiger partial charge in [-0.25, -0.2) is 8.78 Å². The van der Waals surface area contributed by atoms with E-state index in [1.807, 2.05) is 13.0 Å². The number of halogens is 3. The molecular formula is C15H16ClF2NS. The molecule has 0 amide bonds. The molecule has 2 rings (SSSR count). The van der Waals surface area contributed by atoms with Crippen LogP contribution in [0.15, 0.2) is 24.3 Å². The van der Waals surface area contributed by atoms with Crippen molar-refractivity contribution < 1.29 is 8.78 Å². The molecule has 1 N–H and O–H groups in total. The predicted octanol–water partition coefficient (Wildman–Crippen LogP) is 5.08. The lowest BCUT2D eigenvalue weighted by molar-refractivity contribution is 0.502. The first-order valence-electron chi connectivity index (χ1n) is 6.47. The second-order valence-electron chi connectivity index (χ2n) is 4.62. The van der Waals surface area contributed by atoms with E-state index in [4.69, 9.17) is 11.6 Å². The van der Waals surface area contributed by atoms with E-state index in [1.54, 1.807) is 13.0 Å². The highest BCUT2D eigenvalue weighted by Gasteiger charge is 2.24. The average molecular weight is 316 g/mol. The number of aryl methyl sites for hydroxylation is 1. The lowest BCUT2D eigenvalue weighted by Gasteiger charge is -2.20. The van der Waals surface area contributed by atoms with Gasteiger partial charge in [0, 0.05) is 10.4 Å². The van der Waals surface area contributed by atoms with Crippen molar-refractivity contribution >= 4 is 22.9 Å². The van der Waals surface area contributed by atoms with Gasteiger partial charge >= 0.3 is 0 Å². The van der Waals surface area contributed by atoms with Crippen LogP contribution in [0.4, 0.5) is 8.78 Å². The van der Waals surface area contributed by atoms with E-state index in [0.29, 0.717) is 16.4 Å². The topological polar surface area (TPSA) is 12.0 Å². The van der Waals surface area contributed by atoms with Crippen LogP contribution in [0.2, 0.25) is 4.34 Å². The summed E-state index contributed by atoms with van der Waals surface area (Å²) >= 11 is 7.27. The Morgan fingerprint density at radius 1 is 1.25 bits per heavy atom. The zero-order chi connectivity index (χ0) is 14.7. The van der Waals surface area contributed by atoms with Gasteiger partial charge in [0.05, 0.1) is 10.4 Å². The molecule has 0 fully saturated rings. The third kappa shape index (κ3) is 3.19. The molecule has 1 aromatic heterocycles. The van der Waals surface area contributed by atoms with Crippen molar-refractivity contribution in [2.45, 2.75) is 26.3 Å². The first-order chi connectivity index (χ1) is 9.54. The number of hydrogen-bond donors (Lipinski definition) is 1. The largest absolute Gasteiger partial charge is 0.305 e. The standard InChI is InChI=1S/C15H16ClF2NS/c1-3-8-19-15(11-6-7-12(16)20-11)13-10(17)5-4-9(2)14(13)18/h4-7,15,19H,3,8H2,1-2H3. The molecule has 0 spiro atoms. The molecule has 2 aromatic rings. The van der Waals surface area contributed by atoms with Crippen molar-refractivity contribution in [2.75, 3.05) is 6.54 Å². The molecule has 0 aliphatic carbocycles. The summed E-state index contributed by atoms with van der Waals surface area (Å²) in [4.78, 5) is 0.812. The van der Waals surface area contributed by atoms with Crippen molar-refractivity contribution in [1.29, 1.82) is 0 Å². The minimum atomic E-state index is -0.536. The van der Waals surface area contributed by atoms with E-state index < -0.39 is 17.7 Å². The maximum Gasteiger partial charge on any atom is 0.134 e. The van der Waals surface area contributed by atoms with E-state index in [-0.39, 0.29) is 5.56 Å². The van der Waals surface area contributed by atoms with Gasteiger partial charge in [-0.15, -0.1) is 11.3 Å². The fourth-order valence-electron chi connectivity index (χ4n) is 2.06. The van der Waals surface area contributed by atoms with Crippen LogP contribution < -0.4 is 5.32 Å². The highest BCUT2D eigenvalue weighted by atomic mass is 35.5. The molecule has 0 saturated carbocycles. The Morgan fingerprint density at radius 3 is 2.60 bits per heavy atom. The average Bonchev–Trinajstić information content (AvgIpc) is 2.84. The highest BCUT2D eigenvalue weighted by Crippen LogP contribution is 2.34. The van der Waals surface area contributed by atoms with Gasteiger partial charge < -0.3 is 5.32 Å². The normalized spacial score (nSPS) is 12.7. The van der Waals surface area contributed by atoms with E-state index in [1.165, 1.54) is 23.5 Å². The summed E-state index contributed by atoms with van der Waals surface area (Å²) in [6, 6.07) is 5.80. The SMILES string of the molecule is CCCNC(c1ccc(Cl)s1)c1c(F)ccc(C)c1F. The van der Waals surface area contributed by atoms with Gasteiger partial charge in [0.15, 0.2) is 0 Å². The molecule has 0 aliphatic rings. The number of thiophene rings is 1. The highest BCUT2D eigenvalue weighted by molar-refractivity contribution is 7.16. The molecule has 0 aliphatic heterocycles. The van der Waals surface area contributed by atoms with E-state index in [9.17, 15) is 8.78 Å². The molecule has 5 heteroatoms. The first kappa shape index (κ1) is 15.4. The smallest absolute Gasteiger partial charge is 0.134 e. The van der Waals surface area contributed by atoms with E-state index in [2.05, 4.69) is 5.32 Å². The Bertz CT molecular complexity index is 598. The van der Waals surface area contributed by atoms with Gasteiger partial charge in [0.1, 0.15) is 11.6 Å². The number of hydrogen-bond acceptors (Lipinski definition) is 2. The van der Waals surface area contributed by atoms with Crippen LogP contribution in [0.25, 0.3) is 0 Å². The Balaban J connectivity index is 2.49. The van der Waals surface area contributed by atoms with E-state index >= 15 is 0 Å². The summed E-state index contributed by atoms with van der Waals surface area (Å²) in [6.07, 6.45) is 0.880. The van der Waals surface area contributed by atoms with Gasteiger partial charge in [0.25, 0.3) is 0 Å². The van der Waals surface area contributed by atoms with Gasteiger partial charge in [0.2, 0.25) is 0 Å². The fraction of sp³-hybridized carbons (Fsp3) is 0.333. The molecule has 0 saturated heterocycles. The molecule has 20 heavy (non-hydrogen) atoms. The second-order valence-corrected chi connectivity index (χ2v) is 6.37. The Labute approximate surface area is 126 Å². The van der Waals surface area contributed by atoms with Crippen LogP contribution in [0.3, 0.4) is 0 Å². The number of nitrogens with one attached hydrogen (secondary N) is 1. The zero-order valence-electron chi connectivity index (χ0n) is 11.3. The quantitative estimate of drug-likeness (QED) is 0.811. The van der Waals surface area contributed by atoms with Crippen LogP contribution in [-0.4, -0.2) is 6.54 Å². The molecular weight excluding hydrogens is 300 g/mol. The molecule has 1 unspecified atom stereocenters. The van der Waals surface area contributed by atoms with Crippen molar-refractivity contribution in [1.82, 2.24) is 5.32 Å². The molecule has 1 aromatic carbocycles. The van der Waals surface area contributed by atoms with Gasteiger partial charge in [-0.2, -0.15) is 0 Å². The second kappa shape index (κ2) is 6.66. The van der Waals surface area contributed by atoms with Crippen LogP contribution in [0, 0.1) is 18.6 Å². The monoisotopic (exact) mass is 315 g/mol. The third-order valence-electron chi connectivity index (χ3n) is 3.09. The summed E-state index contributed by atoms with van der Waals surface area (Å²) in [5, 5.41) is 3.20. The molecule has 0 bridgehead atoms. The Hall–Kier alpha value is -0.970. The predicted molar refractivity (Wildman–Crippen MR) is 80.6 cm³/mol. The summed E-state index contributed by atoms with van der Waals surface area (Å²) < 4.78 is 29.0. The Kier molecular flexibility index (Phi) is 5.13. The van der Waals surface area contributed by atoms with Gasteiger partial charge in [-0.05, 0) is 43.7 Å². The van der Waals surface area contributed by atoms with Crippen LogP contribution in [0.5, 0.6) is 0 Å². The zero-order valence-corrected chi connectivity index (χ0v) is 12.9. The van der Waals surface area contributed by atoms with Gasteiger partial charge in [-0.3, -0.25) is 0 Å². The van der Waals surface area contributed by atoms with E-state index in [0.717, 1.165) is 11.3 Å². The maximum absolute atomic E-state index is 14.3. The molecule has 108 valence electrons. The number of rotatable bonds is 5. The Morgan fingerprint density at radius 2 is 2.00 bits per heavy atom. The van der Waals surface area contributed by atoms with Crippen LogP contribution in [-0.2, 0) is 0 Å². The molecule has 0 radical (unpaired) electrons. The molecule has 1 atom stereocenters. The van der Waals surface area contributed by atoms with Crippen molar-refractivity contribution in [3.8, 4) is 0 Å². The third-order valence-corrected chi connectivity index (χ3v) is 4.38.